The van der Waals surface area contributed by atoms with Crippen molar-refractivity contribution >= 4 is 27.4 Å². The Balaban J connectivity index is 1.63. The number of amides is 2. The zero-order valence-electron chi connectivity index (χ0n) is 14.0. The third-order valence-electron chi connectivity index (χ3n) is 3.95. The number of sulfonamides is 1. The van der Waals surface area contributed by atoms with Crippen molar-refractivity contribution in [3.63, 3.8) is 0 Å². The molecule has 0 unspecified atom stereocenters. The summed E-state index contributed by atoms with van der Waals surface area (Å²) < 4.78 is 27.3. The first-order valence-corrected chi connectivity index (χ1v) is 9.74. The van der Waals surface area contributed by atoms with E-state index < -0.39 is 10.0 Å². The second kappa shape index (κ2) is 7.14. The Labute approximate surface area is 147 Å². The van der Waals surface area contributed by atoms with Crippen molar-refractivity contribution < 1.29 is 13.2 Å². The van der Waals surface area contributed by atoms with Gasteiger partial charge in [-0.1, -0.05) is 19.1 Å². The second-order valence-electron chi connectivity index (χ2n) is 6.05. The monoisotopic (exact) mass is 359 g/mol. The summed E-state index contributed by atoms with van der Waals surface area (Å²) in [6.45, 7) is 2.02. The first-order valence-electron chi connectivity index (χ1n) is 8.25. The lowest BCUT2D eigenvalue weighted by atomic mass is 10.2. The fourth-order valence-electron chi connectivity index (χ4n) is 2.32. The normalized spacial score (nSPS) is 14.0. The van der Waals surface area contributed by atoms with E-state index in [1.54, 1.807) is 48.5 Å². The maximum Gasteiger partial charge on any atom is 0.319 e. The minimum absolute atomic E-state index is 0.218. The Morgan fingerprint density at radius 1 is 1.00 bits per heavy atom. The van der Waals surface area contributed by atoms with Gasteiger partial charge in [0.15, 0.2) is 0 Å². The number of anilines is 2. The third-order valence-corrected chi connectivity index (χ3v) is 5.35. The fraction of sp³-hybridized carbons (Fsp3) is 0.278. The van der Waals surface area contributed by atoms with Crippen LogP contribution in [0.3, 0.4) is 0 Å². The molecule has 0 atom stereocenters. The summed E-state index contributed by atoms with van der Waals surface area (Å²) in [6, 6.07) is 13.4. The quantitative estimate of drug-likeness (QED) is 0.739. The Kier molecular flexibility index (Phi) is 4.94. The summed E-state index contributed by atoms with van der Waals surface area (Å²) in [5.74, 6) is 0. The SMILES string of the molecule is CCc1ccc(S(=O)(=O)Nc2ccc(NC(=O)NC3CC3)cc2)cc1. The second-order valence-corrected chi connectivity index (χ2v) is 7.74. The fourth-order valence-corrected chi connectivity index (χ4v) is 3.38. The molecule has 6 nitrogen and oxygen atoms in total. The van der Waals surface area contributed by atoms with Crippen molar-refractivity contribution in [1.82, 2.24) is 5.32 Å². The van der Waals surface area contributed by atoms with Crippen LogP contribution in [-0.2, 0) is 16.4 Å². The van der Waals surface area contributed by atoms with Gasteiger partial charge >= 0.3 is 6.03 Å². The molecular weight excluding hydrogens is 338 g/mol. The smallest absolute Gasteiger partial charge is 0.319 e. The number of urea groups is 1. The molecule has 0 aromatic heterocycles. The van der Waals surface area contributed by atoms with Crippen LogP contribution in [0.25, 0.3) is 0 Å². The van der Waals surface area contributed by atoms with Gasteiger partial charge < -0.3 is 10.6 Å². The van der Waals surface area contributed by atoms with E-state index in [4.69, 9.17) is 0 Å². The number of benzene rings is 2. The molecule has 0 bridgehead atoms. The van der Waals surface area contributed by atoms with Gasteiger partial charge in [0.25, 0.3) is 10.0 Å². The molecule has 2 amide bonds. The summed E-state index contributed by atoms with van der Waals surface area (Å²) in [5, 5.41) is 5.54. The van der Waals surface area contributed by atoms with Crippen LogP contribution in [0, 0.1) is 0 Å². The van der Waals surface area contributed by atoms with Gasteiger partial charge in [-0.2, -0.15) is 0 Å². The van der Waals surface area contributed by atoms with Crippen molar-refractivity contribution in [2.45, 2.75) is 37.1 Å². The lowest BCUT2D eigenvalue weighted by Gasteiger charge is -2.10. The van der Waals surface area contributed by atoms with Gasteiger partial charge in [0.05, 0.1) is 4.90 Å². The van der Waals surface area contributed by atoms with Crippen LogP contribution in [0.15, 0.2) is 53.4 Å². The summed E-state index contributed by atoms with van der Waals surface area (Å²) >= 11 is 0. The van der Waals surface area contributed by atoms with Crippen molar-refractivity contribution in [3.05, 3.63) is 54.1 Å². The van der Waals surface area contributed by atoms with E-state index in [1.165, 1.54) is 0 Å². The standard InChI is InChI=1S/C18H21N3O3S/c1-2-13-3-11-17(12-4-13)25(23,24)21-16-9-7-15(8-10-16)20-18(22)19-14-5-6-14/h3-4,7-12,14,21H,2,5-6H2,1H3,(H2,19,20,22). The van der Waals surface area contributed by atoms with Crippen LogP contribution in [0.5, 0.6) is 0 Å². The predicted molar refractivity (Wildman–Crippen MR) is 98.2 cm³/mol. The van der Waals surface area contributed by atoms with Gasteiger partial charge in [0.2, 0.25) is 0 Å². The van der Waals surface area contributed by atoms with Gasteiger partial charge in [-0.05, 0) is 61.2 Å². The topological polar surface area (TPSA) is 87.3 Å². The van der Waals surface area contributed by atoms with E-state index in [-0.39, 0.29) is 17.0 Å². The first kappa shape index (κ1) is 17.3. The van der Waals surface area contributed by atoms with E-state index in [0.717, 1.165) is 24.8 Å². The van der Waals surface area contributed by atoms with Crippen LogP contribution in [0.1, 0.15) is 25.3 Å². The maximum absolute atomic E-state index is 12.4. The molecule has 0 spiro atoms. The molecule has 1 aliphatic rings. The molecule has 1 aliphatic carbocycles. The minimum Gasteiger partial charge on any atom is -0.335 e. The molecule has 2 aromatic rings. The van der Waals surface area contributed by atoms with Crippen LogP contribution in [-0.4, -0.2) is 20.5 Å². The van der Waals surface area contributed by atoms with Crippen molar-refractivity contribution in [1.29, 1.82) is 0 Å². The van der Waals surface area contributed by atoms with Crippen LogP contribution in [0.4, 0.5) is 16.2 Å². The van der Waals surface area contributed by atoms with Gasteiger partial charge in [-0.25, -0.2) is 13.2 Å². The number of aryl methyl sites for hydroxylation is 1. The van der Waals surface area contributed by atoms with E-state index in [2.05, 4.69) is 15.4 Å². The van der Waals surface area contributed by atoms with Gasteiger partial charge in [-0.3, -0.25) is 4.72 Å². The highest BCUT2D eigenvalue weighted by Crippen LogP contribution is 2.20. The maximum atomic E-state index is 12.4. The lowest BCUT2D eigenvalue weighted by Crippen LogP contribution is -2.30. The molecule has 0 heterocycles. The summed E-state index contributed by atoms with van der Waals surface area (Å²) in [6.07, 6.45) is 2.90. The third kappa shape index (κ3) is 4.73. The highest BCUT2D eigenvalue weighted by Gasteiger charge is 2.23. The largest absolute Gasteiger partial charge is 0.335 e. The number of carbonyl (C=O) groups is 1. The molecular formula is C18H21N3O3S. The van der Waals surface area contributed by atoms with Gasteiger partial charge in [-0.15, -0.1) is 0 Å². The van der Waals surface area contributed by atoms with E-state index in [1.807, 2.05) is 6.92 Å². The molecule has 132 valence electrons. The Bertz CT molecular complexity index is 842. The number of hydrogen-bond acceptors (Lipinski definition) is 3. The molecule has 3 N–H and O–H groups in total. The zero-order chi connectivity index (χ0) is 17.9. The number of carbonyl (C=O) groups excluding carboxylic acids is 1. The molecule has 1 saturated carbocycles. The Hall–Kier alpha value is -2.54. The van der Waals surface area contributed by atoms with E-state index in [9.17, 15) is 13.2 Å². The van der Waals surface area contributed by atoms with Gasteiger partial charge in [0, 0.05) is 17.4 Å². The number of rotatable bonds is 6. The molecule has 7 heteroatoms. The van der Waals surface area contributed by atoms with Crippen molar-refractivity contribution in [3.8, 4) is 0 Å². The summed E-state index contributed by atoms with van der Waals surface area (Å²) in [4.78, 5) is 11.9. The van der Waals surface area contributed by atoms with Crippen molar-refractivity contribution in [2.75, 3.05) is 10.0 Å². The minimum atomic E-state index is -3.63. The average Bonchev–Trinajstić information content (AvgIpc) is 3.40. The van der Waals surface area contributed by atoms with Crippen molar-refractivity contribution in [2.24, 2.45) is 0 Å². The summed E-state index contributed by atoms with van der Waals surface area (Å²) in [5.41, 5.74) is 2.12. The molecule has 2 aromatic carbocycles. The Morgan fingerprint density at radius 3 is 2.16 bits per heavy atom. The van der Waals surface area contributed by atoms with Crippen LogP contribution >= 0.6 is 0 Å². The van der Waals surface area contributed by atoms with Gasteiger partial charge in [0.1, 0.15) is 0 Å². The lowest BCUT2D eigenvalue weighted by molar-refractivity contribution is 0.251. The van der Waals surface area contributed by atoms with Crippen LogP contribution in [0.2, 0.25) is 0 Å². The molecule has 0 aliphatic heterocycles. The predicted octanol–water partition coefficient (Wildman–Crippen LogP) is 3.33. The number of nitrogens with one attached hydrogen (secondary N) is 3. The molecule has 0 saturated heterocycles. The van der Waals surface area contributed by atoms with E-state index >= 15 is 0 Å². The molecule has 0 radical (unpaired) electrons. The molecule has 1 fully saturated rings. The molecule has 25 heavy (non-hydrogen) atoms. The Morgan fingerprint density at radius 2 is 1.60 bits per heavy atom. The van der Waals surface area contributed by atoms with E-state index in [0.29, 0.717) is 11.4 Å². The summed E-state index contributed by atoms with van der Waals surface area (Å²) in [7, 11) is -3.63. The first-order chi connectivity index (χ1) is 12.0. The average molecular weight is 359 g/mol. The highest BCUT2D eigenvalue weighted by atomic mass is 32.2. The molecule has 3 rings (SSSR count). The highest BCUT2D eigenvalue weighted by molar-refractivity contribution is 7.92. The number of hydrogen-bond donors (Lipinski definition) is 3. The van der Waals surface area contributed by atoms with Crippen LogP contribution < -0.4 is 15.4 Å². The zero-order valence-corrected chi connectivity index (χ0v) is 14.8.